The molecule has 0 atom stereocenters. The average Bonchev–Trinajstić information content (AvgIpc) is 3.49. The van der Waals surface area contributed by atoms with E-state index in [1.165, 1.54) is 12.8 Å². The van der Waals surface area contributed by atoms with E-state index in [-0.39, 0.29) is 11.8 Å². The molecular formula is C21H24N2O. The van der Waals surface area contributed by atoms with Crippen molar-refractivity contribution in [2.75, 3.05) is 26.2 Å². The van der Waals surface area contributed by atoms with Gasteiger partial charge in [-0.05, 0) is 24.0 Å². The molecule has 1 saturated heterocycles. The first kappa shape index (κ1) is 15.4. The van der Waals surface area contributed by atoms with Gasteiger partial charge in [0.2, 0.25) is 5.91 Å². The van der Waals surface area contributed by atoms with E-state index < -0.39 is 0 Å². The summed E-state index contributed by atoms with van der Waals surface area (Å²) in [5.41, 5.74) is 2.16. The Kier molecular flexibility index (Phi) is 4.35. The van der Waals surface area contributed by atoms with Gasteiger partial charge in [-0.2, -0.15) is 0 Å². The van der Waals surface area contributed by atoms with Crippen LogP contribution in [0.25, 0.3) is 0 Å². The number of rotatable bonds is 4. The van der Waals surface area contributed by atoms with Crippen LogP contribution in [-0.2, 0) is 4.79 Å². The first-order chi connectivity index (χ1) is 11.8. The minimum Gasteiger partial charge on any atom is -0.339 e. The van der Waals surface area contributed by atoms with Crippen LogP contribution in [0.2, 0.25) is 0 Å². The number of piperazine rings is 1. The van der Waals surface area contributed by atoms with Crippen LogP contribution in [0.5, 0.6) is 0 Å². The maximum absolute atomic E-state index is 13.3. The Balaban J connectivity index is 1.56. The second kappa shape index (κ2) is 6.78. The molecule has 1 saturated carbocycles. The fourth-order valence-electron chi connectivity index (χ4n) is 3.70. The number of carbonyl (C=O) groups is 1. The minimum atomic E-state index is -0.195. The van der Waals surface area contributed by atoms with Crippen molar-refractivity contribution in [3.8, 4) is 0 Å². The fourth-order valence-corrected chi connectivity index (χ4v) is 3.70. The minimum absolute atomic E-state index is 0.195. The maximum Gasteiger partial charge on any atom is 0.234 e. The largest absolute Gasteiger partial charge is 0.339 e. The summed E-state index contributed by atoms with van der Waals surface area (Å²) >= 11 is 0. The third-order valence-electron chi connectivity index (χ3n) is 5.20. The molecule has 2 aliphatic rings. The molecule has 24 heavy (non-hydrogen) atoms. The van der Waals surface area contributed by atoms with Crippen molar-refractivity contribution in [3.05, 3.63) is 71.8 Å². The van der Waals surface area contributed by atoms with Gasteiger partial charge in [-0.25, -0.2) is 0 Å². The Morgan fingerprint density at radius 1 is 0.792 bits per heavy atom. The van der Waals surface area contributed by atoms with Gasteiger partial charge >= 0.3 is 0 Å². The fraction of sp³-hybridized carbons (Fsp3) is 0.381. The van der Waals surface area contributed by atoms with Crippen LogP contribution < -0.4 is 0 Å². The van der Waals surface area contributed by atoms with Gasteiger partial charge in [-0.3, -0.25) is 9.69 Å². The summed E-state index contributed by atoms with van der Waals surface area (Å²) in [6, 6.07) is 21.1. The molecule has 124 valence electrons. The van der Waals surface area contributed by atoms with Crippen LogP contribution >= 0.6 is 0 Å². The molecule has 4 rings (SSSR count). The van der Waals surface area contributed by atoms with Gasteiger partial charge in [0, 0.05) is 32.2 Å². The number of hydrogen-bond acceptors (Lipinski definition) is 2. The average molecular weight is 320 g/mol. The lowest BCUT2D eigenvalue weighted by Gasteiger charge is -2.36. The van der Waals surface area contributed by atoms with Crippen molar-refractivity contribution in [1.82, 2.24) is 9.80 Å². The van der Waals surface area contributed by atoms with Gasteiger partial charge in [-0.15, -0.1) is 0 Å². The molecule has 1 aliphatic heterocycles. The number of hydrogen-bond donors (Lipinski definition) is 0. The Morgan fingerprint density at radius 2 is 1.29 bits per heavy atom. The third-order valence-corrected chi connectivity index (χ3v) is 5.20. The molecule has 0 aromatic heterocycles. The standard InChI is InChI=1S/C21H24N2O/c24-21(23-15-13-22(14-16-23)19-11-12-19)20(17-7-3-1-4-8-17)18-9-5-2-6-10-18/h1-10,19-20H,11-16H2. The van der Waals surface area contributed by atoms with E-state index in [0.29, 0.717) is 0 Å². The molecule has 3 heteroatoms. The highest BCUT2D eigenvalue weighted by Crippen LogP contribution is 2.30. The highest BCUT2D eigenvalue weighted by atomic mass is 16.2. The zero-order valence-corrected chi connectivity index (χ0v) is 14.0. The predicted molar refractivity (Wildman–Crippen MR) is 95.9 cm³/mol. The van der Waals surface area contributed by atoms with Gasteiger partial charge in [0.15, 0.2) is 0 Å². The smallest absolute Gasteiger partial charge is 0.234 e. The summed E-state index contributed by atoms with van der Waals surface area (Å²) in [6.07, 6.45) is 2.68. The van der Waals surface area contributed by atoms with Crippen molar-refractivity contribution >= 4 is 5.91 Å². The first-order valence-corrected chi connectivity index (χ1v) is 8.95. The molecule has 2 fully saturated rings. The molecule has 0 bridgehead atoms. The maximum atomic E-state index is 13.3. The number of benzene rings is 2. The van der Waals surface area contributed by atoms with E-state index in [2.05, 4.69) is 34.1 Å². The second-order valence-electron chi connectivity index (χ2n) is 6.85. The van der Waals surface area contributed by atoms with Crippen LogP contribution in [0.4, 0.5) is 0 Å². The Morgan fingerprint density at radius 3 is 1.75 bits per heavy atom. The highest BCUT2D eigenvalue weighted by molar-refractivity contribution is 5.87. The van der Waals surface area contributed by atoms with Gasteiger partial charge in [0.1, 0.15) is 0 Å². The van der Waals surface area contributed by atoms with Crippen molar-refractivity contribution in [3.63, 3.8) is 0 Å². The molecular weight excluding hydrogens is 296 g/mol. The SMILES string of the molecule is O=C(C(c1ccccc1)c1ccccc1)N1CCN(C2CC2)CC1. The molecule has 0 N–H and O–H groups in total. The van der Waals surface area contributed by atoms with Gasteiger partial charge < -0.3 is 4.90 Å². The van der Waals surface area contributed by atoms with E-state index in [4.69, 9.17) is 0 Å². The summed E-state index contributed by atoms with van der Waals surface area (Å²) < 4.78 is 0. The van der Waals surface area contributed by atoms with Gasteiger partial charge in [-0.1, -0.05) is 60.7 Å². The highest BCUT2D eigenvalue weighted by Gasteiger charge is 2.34. The second-order valence-corrected chi connectivity index (χ2v) is 6.85. The van der Waals surface area contributed by atoms with E-state index in [9.17, 15) is 4.79 Å². The summed E-state index contributed by atoms with van der Waals surface area (Å²) in [5, 5.41) is 0. The third kappa shape index (κ3) is 3.22. The lowest BCUT2D eigenvalue weighted by atomic mass is 9.90. The summed E-state index contributed by atoms with van der Waals surface area (Å²) in [7, 11) is 0. The summed E-state index contributed by atoms with van der Waals surface area (Å²) in [4.78, 5) is 17.9. The van der Waals surface area contributed by atoms with Crippen molar-refractivity contribution in [2.45, 2.75) is 24.8 Å². The van der Waals surface area contributed by atoms with E-state index in [0.717, 1.165) is 43.3 Å². The number of nitrogens with zero attached hydrogens (tertiary/aromatic N) is 2. The summed E-state index contributed by atoms with van der Waals surface area (Å²) in [6.45, 7) is 3.75. The van der Waals surface area contributed by atoms with Crippen molar-refractivity contribution in [1.29, 1.82) is 0 Å². The zero-order chi connectivity index (χ0) is 16.4. The lowest BCUT2D eigenvalue weighted by molar-refractivity contribution is -0.133. The van der Waals surface area contributed by atoms with Crippen LogP contribution in [0.15, 0.2) is 60.7 Å². The van der Waals surface area contributed by atoms with Crippen LogP contribution in [0, 0.1) is 0 Å². The first-order valence-electron chi connectivity index (χ1n) is 8.95. The summed E-state index contributed by atoms with van der Waals surface area (Å²) in [5.74, 6) is 0.0442. The Bertz CT molecular complexity index is 634. The molecule has 1 heterocycles. The van der Waals surface area contributed by atoms with E-state index in [1.54, 1.807) is 0 Å². The molecule has 0 unspecified atom stereocenters. The quantitative estimate of drug-likeness (QED) is 0.864. The van der Waals surface area contributed by atoms with E-state index in [1.807, 2.05) is 36.4 Å². The molecule has 0 spiro atoms. The molecule has 0 radical (unpaired) electrons. The Labute approximate surface area is 143 Å². The zero-order valence-electron chi connectivity index (χ0n) is 14.0. The van der Waals surface area contributed by atoms with Gasteiger partial charge in [0.05, 0.1) is 5.92 Å². The topological polar surface area (TPSA) is 23.6 Å². The normalized spacial score (nSPS) is 18.8. The van der Waals surface area contributed by atoms with Crippen LogP contribution in [-0.4, -0.2) is 47.9 Å². The lowest BCUT2D eigenvalue weighted by Crippen LogP contribution is -2.50. The van der Waals surface area contributed by atoms with Gasteiger partial charge in [0.25, 0.3) is 0 Å². The Hall–Kier alpha value is -2.13. The molecule has 3 nitrogen and oxygen atoms in total. The molecule has 1 amide bonds. The molecule has 1 aliphatic carbocycles. The molecule has 2 aromatic carbocycles. The van der Waals surface area contributed by atoms with Crippen molar-refractivity contribution in [2.24, 2.45) is 0 Å². The van der Waals surface area contributed by atoms with Crippen molar-refractivity contribution < 1.29 is 4.79 Å². The van der Waals surface area contributed by atoms with Crippen LogP contribution in [0.1, 0.15) is 29.9 Å². The van der Waals surface area contributed by atoms with E-state index >= 15 is 0 Å². The number of carbonyl (C=O) groups excluding carboxylic acids is 1. The predicted octanol–water partition coefficient (Wildman–Crippen LogP) is 3.13. The number of amides is 1. The monoisotopic (exact) mass is 320 g/mol. The molecule has 2 aromatic rings. The van der Waals surface area contributed by atoms with Crippen LogP contribution in [0.3, 0.4) is 0 Å².